The molecule has 0 fully saturated rings. The molecule has 17 heavy (non-hydrogen) atoms. The molecule has 1 unspecified atom stereocenters. The number of ether oxygens (including phenoxy) is 1. The van der Waals surface area contributed by atoms with Crippen LogP contribution in [0, 0.1) is 11.7 Å². The van der Waals surface area contributed by atoms with Crippen LogP contribution in [-0.2, 0) is 0 Å². The van der Waals surface area contributed by atoms with E-state index < -0.39 is 5.82 Å². The largest absolute Gasteiger partial charge is 0.508 e. The summed E-state index contributed by atoms with van der Waals surface area (Å²) in [5.41, 5.74) is 0. The summed E-state index contributed by atoms with van der Waals surface area (Å²) in [4.78, 5) is 0. The Bertz CT molecular complexity index is 339. The minimum Gasteiger partial charge on any atom is -0.508 e. The van der Waals surface area contributed by atoms with Crippen LogP contribution in [0.1, 0.15) is 39.5 Å². The molecule has 0 bridgehead atoms. The number of hydrogen-bond acceptors (Lipinski definition) is 2. The van der Waals surface area contributed by atoms with E-state index >= 15 is 0 Å². The van der Waals surface area contributed by atoms with Crippen molar-refractivity contribution in [3.8, 4) is 11.5 Å². The predicted molar refractivity (Wildman–Crippen MR) is 66.9 cm³/mol. The highest BCUT2D eigenvalue weighted by molar-refractivity contribution is 5.32. The van der Waals surface area contributed by atoms with Crippen LogP contribution >= 0.6 is 0 Å². The van der Waals surface area contributed by atoms with Crippen molar-refractivity contribution in [1.29, 1.82) is 0 Å². The molecule has 0 spiro atoms. The van der Waals surface area contributed by atoms with Crippen molar-refractivity contribution in [2.45, 2.75) is 39.5 Å². The van der Waals surface area contributed by atoms with Crippen LogP contribution < -0.4 is 4.74 Å². The molecule has 3 heteroatoms. The third-order valence-corrected chi connectivity index (χ3v) is 2.74. The van der Waals surface area contributed by atoms with Gasteiger partial charge < -0.3 is 9.84 Å². The average Bonchev–Trinajstić information content (AvgIpc) is 2.28. The molecule has 0 saturated carbocycles. The summed E-state index contributed by atoms with van der Waals surface area (Å²) in [7, 11) is 0. The van der Waals surface area contributed by atoms with Gasteiger partial charge in [0.25, 0.3) is 0 Å². The number of phenolic OH excluding ortho intramolecular Hbond substituents is 1. The number of halogens is 1. The lowest BCUT2D eigenvalue weighted by Gasteiger charge is -2.13. The maximum Gasteiger partial charge on any atom is 0.168 e. The monoisotopic (exact) mass is 240 g/mol. The second-order valence-corrected chi connectivity index (χ2v) is 4.53. The Morgan fingerprint density at radius 1 is 1.35 bits per heavy atom. The van der Waals surface area contributed by atoms with Crippen molar-refractivity contribution >= 4 is 0 Å². The second-order valence-electron chi connectivity index (χ2n) is 4.53. The van der Waals surface area contributed by atoms with Crippen LogP contribution in [0.2, 0.25) is 0 Å². The molecule has 1 aromatic carbocycles. The van der Waals surface area contributed by atoms with E-state index in [1.807, 2.05) is 0 Å². The van der Waals surface area contributed by atoms with Crippen LogP contribution in [0.4, 0.5) is 4.39 Å². The summed E-state index contributed by atoms with van der Waals surface area (Å²) in [5, 5.41) is 9.06. The highest BCUT2D eigenvalue weighted by Crippen LogP contribution is 2.22. The molecule has 96 valence electrons. The molecule has 1 rings (SSSR count). The summed E-state index contributed by atoms with van der Waals surface area (Å²) in [6, 6.07) is 3.96. The van der Waals surface area contributed by atoms with E-state index in [0.717, 1.165) is 12.5 Å². The number of unbranched alkanes of at least 4 members (excludes halogenated alkanes) is 2. The Labute approximate surface area is 102 Å². The molecule has 1 atom stereocenters. The van der Waals surface area contributed by atoms with E-state index in [1.165, 1.54) is 31.4 Å². The fraction of sp³-hybridized carbons (Fsp3) is 0.571. The molecular weight excluding hydrogens is 219 g/mol. The Balaban J connectivity index is 2.34. The minimum atomic E-state index is -0.509. The van der Waals surface area contributed by atoms with Gasteiger partial charge in [-0.2, -0.15) is 0 Å². The Hall–Kier alpha value is -1.25. The molecule has 0 aliphatic heterocycles. The Morgan fingerprint density at radius 3 is 2.76 bits per heavy atom. The Morgan fingerprint density at radius 2 is 2.12 bits per heavy atom. The summed E-state index contributed by atoms with van der Waals surface area (Å²) in [6.07, 6.45) is 4.74. The first-order valence-corrected chi connectivity index (χ1v) is 6.24. The molecule has 0 radical (unpaired) electrons. The number of aromatic hydroxyl groups is 1. The van der Waals surface area contributed by atoms with E-state index in [1.54, 1.807) is 0 Å². The standard InChI is InChI=1S/C14H21FO2/c1-3-4-5-6-11(2)10-17-14-8-7-12(16)9-13(14)15/h7-9,11,16H,3-6,10H2,1-2H3. The van der Waals surface area contributed by atoms with Gasteiger partial charge in [-0.15, -0.1) is 0 Å². The second kappa shape index (κ2) is 7.15. The topological polar surface area (TPSA) is 29.5 Å². The van der Waals surface area contributed by atoms with E-state index in [4.69, 9.17) is 9.84 Å². The van der Waals surface area contributed by atoms with Gasteiger partial charge in [0.05, 0.1) is 6.61 Å². The number of benzene rings is 1. The predicted octanol–water partition coefficient (Wildman–Crippen LogP) is 4.13. The maximum absolute atomic E-state index is 13.3. The van der Waals surface area contributed by atoms with Crippen LogP contribution in [0.5, 0.6) is 11.5 Å². The zero-order chi connectivity index (χ0) is 12.7. The quantitative estimate of drug-likeness (QED) is 0.726. The van der Waals surface area contributed by atoms with Crippen molar-refractivity contribution in [2.24, 2.45) is 5.92 Å². The van der Waals surface area contributed by atoms with Crippen LogP contribution in [0.3, 0.4) is 0 Å². The van der Waals surface area contributed by atoms with Crippen LogP contribution in [-0.4, -0.2) is 11.7 Å². The normalized spacial score (nSPS) is 12.4. The highest BCUT2D eigenvalue weighted by Gasteiger charge is 2.07. The lowest BCUT2D eigenvalue weighted by molar-refractivity contribution is 0.239. The van der Waals surface area contributed by atoms with Gasteiger partial charge in [0.2, 0.25) is 0 Å². The molecule has 0 amide bonds. The first-order chi connectivity index (χ1) is 8.13. The number of rotatable bonds is 7. The lowest BCUT2D eigenvalue weighted by Crippen LogP contribution is -2.09. The lowest BCUT2D eigenvalue weighted by atomic mass is 10.0. The van der Waals surface area contributed by atoms with Gasteiger partial charge in [0.15, 0.2) is 11.6 Å². The van der Waals surface area contributed by atoms with Crippen molar-refractivity contribution in [3.63, 3.8) is 0 Å². The van der Waals surface area contributed by atoms with Gasteiger partial charge in [-0.05, 0) is 24.5 Å². The van der Waals surface area contributed by atoms with Gasteiger partial charge in [-0.1, -0.05) is 33.1 Å². The van der Waals surface area contributed by atoms with Crippen molar-refractivity contribution in [1.82, 2.24) is 0 Å². The molecule has 1 N–H and O–H groups in total. The Kier molecular flexibility index (Phi) is 5.81. The van der Waals surface area contributed by atoms with Crippen molar-refractivity contribution in [2.75, 3.05) is 6.61 Å². The highest BCUT2D eigenvalue weighted by atomic mass is 19.1. The van der Waals surface area contributed by atoms with Crippen molar-refractivity contribution in [3.05, 3.63) is 24.0 Å². The first-order valence-electron chi connectivity index (χ1n) is 6.24. The zero-order valence-corrected chi connectivity index (χ0v) is 10.6. The molecule has 0 aromatic heterocycles. The molecule has 1 aromatic rings. The summed E-state index contributed by atoms with van der Waals surface area (Å²) < 4.78 is 18.7. The van der Waals surface area contributed by atoms with E-state index in [9.17, 15) is 4.39 Å². The molecule has 0 saturated heterocycles. The fourth-order valence-corrected chi connectivity index (χ4v) is 1.66. The van der Waals surface area contributed by atoms with E-state index in [-0.39, 0.29) is 11.5 Å². The smallest absolute Gasteiger partial charge is 0.168 e. The summed E-state index contributed by atoms with van der Waals surface area (Å²) in [5.74, 6) is 0.0523. The summed E-state index contributed by atoms with van der Waals surface area (Å²) in [6.45, 7) is 4.80. The zero-order valence-electron chi connectivity index (χ0n) is 10.6. The van der Waals surface area contributed by atoms with E-state index in [2.05, 4.69) is 13.8 Å². The van der Waals surface area contributed by atoms with Crippen LogP contribution in [0.25, 0.3) is 0 Å². The summed E-state index contributed by atoms with van der Waals surface area (Å²) >= 11 is 0. The molecule has 0 aliphatic rings. The number of phenols is 1. The van der Waals surface area contributed by atoms with Gasteiger partial charge in [0, 0.05) is 6.07 Å². The SMILES string of the molecule is CCCCCC(C)COc1ccc(O)cc1F. The van der Waals surface area contributed by atoms with Gasteiger partial charge in [0.1, 0.15) is 5.75 Å². The molecular formula is C14H21FO2. The van der Waals surface area contributed by atoms with Gasteiger partial charge in [-0.3, -0.25) is 0 Å². The van der Waals surface area contributed by atoms with Crippen LogP contribution in [0.15, 0.2) is 18.2 Å². The third-order valence-electron chi connectivity index (χ3n) is 2.74. The average molecular weight is 240 g/mol. The maximum atomic E-state index is 13.3. The van der Waals surface area contributed by atoms with Gasteiger partial charge in [-0.25, -0.2) is 4.39 Å². The van der Waals surface area contributed by atoms with E-state index in [0.29, 0.717) is 12.5 Å². The molecule has 2 nitrogen and oxygen atoms in total. The minimum absolute atomic E-state index is 0.0779. The van der Waals surface area contributed by atoms with Gasteiger partial charge >= 0.3 is 0 Å². The number of hydrogen-bond donors (Lipinski definition) is 1. The van der Waals surface area contributed by atoms with Crippen molar-refractivity contribution < 1.29 is 14.2 Å². The fourth-order valence-electron chi connectivity index (χ4n) is 1.66. The third kappa shape index (κ3) is 5.07. The first kappa shape index (κ1) is 13.8. The molecule has 0 heterocycles. The molecule has 0 aliphatic carbocycles.